The van der Waals surface area contributed by atoms with Gasteiger partial charge in [-0.1, -0.05) is 26.0 Å². The molecule has 1 amide bonds. The highest BCUT2D eigenvalue weighted by atomic mass is 16.4. The second kappa shape index (κ2) is 4.08. The molecule has 0 saturated heterocycles. The number of aliphatic carboxylic acids is 1. The number of hydrogen-bond acceptors (Lipinski definition) is 2. The Labute approximate surface area is 118 Å². The highest BCUT2D eigenvalue weighted by molar-refractivity contribution is 5.95. The molecule has 2 aliphatic carbocycles. The third-order valence-corrected chi connectivity index (χ3v) is 4.69. The molecule has 1 atom stereocenters. The SMILES string of the molecule is CC1(C)CC1C(=O)Nc1ccc(C2(C(=O)O)CC2)cc1. The van der Waals surface area contributed by atoms with E-state index < -0.39 is 11.4 Å². The summed E-state index contributed by atoms with van der Waals surface area (Å²) < 4.78 is 0. The molecular weight excluding hydrogens is 254 g/mol. The van der Waals surface area contributed by atoms with E-state index in [1.165, 1.54) is 0 Å². The Balaban J connectivity index is 1.68. The van der Waals surface area contributed by atoms with Gasteiger partial charge in [-0.05, 0) is 42.4 Å². The van der Waals surface area contributed by atoms with E-state index in [4.69, 9.17) is 0 Å². The molecule has 106 valence electrons. The fraction of sp³-hybridized carbons (Fsp3) is 0.500. The molecule has 0 aromatic heterocycles. The molecule has 2 aliphatic rings. The second-order valence-corrected chi connectivity index (χ2v) is 6.70. The standard InChI is InChI=1S/C16H19NO3/c1-15(2)9-12(15)13(18)17-11-5-3-10(4-6-11)16(7-8-16)14(19)20/h3-6,12H,7-9H2,1-2H3,(H,17,18)(H,19,20). The Hall–Kier alpha value is -1.84. The molecule has 2 fully saturated rings. The zero-order chi connectivity index (χ0) is 14.5. The lowest BCUT2D eigenvalue weighted by Crippen LogP contribution is -2.20. The first-order chi connectivity index (χ1) is 9.35. The molecule has 0 spiro atoms. The summed E-state index contributed by atoms with van der Waals surface area (Å²) in [5, 5.41) is 12.1. The highest BCUT2D eigenvalue weighted by Crippen LogP contribution is 2.52. The normalized spacial score (nSPS) is 24.8. The fourth-order valence-corrected chi connectivity index (χ4v) is 2.77. The minimum atomic E-state index is -0.756. The van der Waals surface area contributed by atoms with Crippen LogP contribution in [0.4, 0.5) is 5.69 Å². The van der Waals surface area contributed by atoms with E-state index >= 15 is 0 Å². The summed E-state index contributed by atoms with van der Waals surface area (Å²) in [5.41, 5.74) is 1.00. The van der Waals surface area contributed by atoms with E-state index in [0.717, 1.165) is 17.7 Å². The summed E-state index contributed by atoms with van der Waals surface area (Å²) >= 11 is 0. The van der Waals surface area contributed by atoms with Gasteiger partial charge in [-0.2, -0.15) is 0 Å². The minimum Gasteiger partial charge on any atom is -0.481 e. The lowest BCUT2D eigenvalue weighted by Gasteiger charge is -2.11. The van der Waals surface area contributed by atoms with Crippen LogP contribution in [0.15, 0.2) is 24.3 Å². The largest absolute Gasteiger partial charge is 0.481 e. The zero-order valence-electron chi connectivity index (χ0n) is 11.8. The van der Waals surface area contributed by atoms with Crippen LogP contribution in [-0.4, -0.2) is 17.0 Å². The van der Waals surface area contributed by atoms with Crippen molar-refractivity contribution in [1.82, 2.24) is 0 Å². The van der Waals surface area contributed by atoms with Crippen LogP contribution < -0.4 is 5.32 Å². The number of carboxylic acids is 1. The number of amides is 1. The third-order valence-electron chi connectivity index (χ3n) is 4.69. The van der Waals surface area contributed by atoms with Crippen LogP contribution >= 0.6 is 0 Å². The average molecular weight is 273 g/mol. The molecule has 3 rings (SSSR count). The van der Waals surface area contributed by atoms with E-state index in [1.807, 2.05) is 12.1 Å². The maximum Gasteiger partial charge on any atom is 0.314 e. The molecule has 1 aromatic carbocycles. The van der Waals surface area contributed by atoms with Gasteiger partial charge in [0.1, 0.15) is 0 Å². The van der Waals surface area contributed by atoms with Crippen molar-refractivity contribution < 1.29 is 14.7 Å². The molecule has 0 heterocycles. The first-order valence-electron chi connectivity index (χ1n) is 7.00. The van der Waals surface area contributed by atoms with E-state index in [1.54, 1.807) is 12.1 Å². The van der Waals surface area contributed by atoms with Gasteiger partial charge in [-0.15, -0.1) is 0 Å². The quantitative estimate of drug-likeness (QED) is 0.886. The lowest BCUT2D eigenvalue weighted by molar-refractivity contribution is -0.140. The number of carboxylic acid groups (broad SMARTS) is 1. The molecule has 4 nitrogen and oxygen atoms in total. The van der Waals surface area contributed by atoms with Gasteiger partial charge in [-0.3, -0.25) is 9.59 Å². The summed E-state index contributed by atoms with van der Waals surface area (Å²) in [4.78, 5) is 23.2. The first kappa shape index (κ1) is 13.2. The molecule has 2 saturated carbocycles. The molecule has 1 unspecified atom stereocenters. The van der Waals surface area contributed by atoms with Gasteiger partial charge >= 0.3 is 5.97 Å². The van der Waals surface area contributed by atoms with Crippen molar-refractivity contribution in [3.05, 3.63) is 29.8 Å². The van der Waals surface area contributed by atoms with Crippen molar-refractivity contribution in [2.24, 2.45) is 11.3 Å². The molecule has 4 heteroatoms. The number of anilines is 1. The van der Waals surface area contributed by atoms with Crippen molar-refractivity contribution in [3.8, 4) is 0 Å². The van der Waals surface area contributed by atoms with Gasteiger partial charge in [0.15, 0.2) is 0 Å². The monoisotopic (exact) mass is 273 g/mol. The third kappa shape index (κ3) is 2.09. The van der Waals surface area contributed by atoms with Crippen molar-refractivity contribution in [2.75, 3.05) is 5.32 Å². The predicted octanol–water partition coefficient (Wildman–Crippen LogP) is 2.79. The Morgan fingerprint density at radius 2 is 1.75 bits per heavy atom. The van der Waals surface area contributed by atoms with Gasteiger partial charge in [-0.25, -0.2) is 0 Å². The summed E-state index contributed by atoms with van der Waals surface area (Å²) in [6.07, 6.45) is 2.33. The topological polar surface area (TPSA) is 66.4 Å². The number of benzene rings is 1. The number of carbonyl (C=O) groups is 2. The smallest absolute Gasteiger partial charge is 0.314 e. The summed E-state index contributed by atoms with van der Waals surface area (Å²) in [6.45, 7) is 4.17. The first-order valence-corrected chi connectivity index (χ1v) is 7.00. The molecule has 0 radical (unpaired) electrons. The Bertz CT molecular complexity index is 570. The molecule has 2 N–H and O–H groups in total. The van der Waals surface area contributed by atoms with Crippen LogP contribution in [0.3, 0.4) is 0 Å². The van der Waals surface area contributed by atoms with Crippen molar-refractivity contribution in [1.29, 1.82) is 0 Å². The summed E-state index contributed by atoms with van der Waals surface area (Å²) in [5.74, 6) is -0.605. The van der Waals surface area contributed by atoms with Gasteiger partial charge in [0, 0.05) is 11.6 Å². The summed E-state index contributed by atoms with van der Waals surface area (Å²) in [6, 6.07) is 7.22. The number of rotatable bonds is 4. The Morgan fingerprint density at radius 3 is 2.15 bits per heavy atom. The molecule has 20 heavy (non-hydrogen) atoms. The Morgan fingerprint density at radius 1 is 1.20 bits per heavy atom. The predicted molar refractivity (Wildman–Crippen MR) is 75.5 cm³/mol. The van der Waals surface area contributed by atoms with E-state index in [0.29, 0.717) is 12.8 Å². The number of carbonyl (C=O) groups excluding carboxylic acids is 1. The maximum atomic E-state index is 12.0. The van der Waals surface area contributed by atoms with Crippen LogP contribution in [0.1, 0.15) is 38.7 Å². The van der Waals surface area contributed by atoms with Crippen LogP contribution in [0.2, 0.25) is 0 Å². The molecule has 0 bridgehead atoms. The van der Waals surface area contributed by atoms with Crippen molar-refractivity contribution >= 4 is 17.6 Å². The van der Waals surface area contributed by atoms with Crippen LogP contribution in [0.25, 0.3) is 0 Å². The second-order valence-electron chi connectivity index (χ2n) is 6.70. The van der Waals surface area contributed by atoms with Gasteiger partial charge < -0.3 is 10.4 Å². The van der Waals surface area contributed by atoms with Gasteiger partial charge in [0.05, 0.1) is 5.41 Å². The van der Waals surface area contributed by atoms with E-state index in [-0.39, 0.29) is 17.2 Å². The Kier molecular flexibility index (Phi) is 2.68. The fourth-order valence-electron chi connectivity index (χ4n) is 2.77. The van der Waals surface area contributed by atoms with E-state index in [9.17, 15) is 14.7 Å². The van der Waals surface area contributed by atoms with Crippen molar-refractivity contribution in [2.45, 2.75) is 38.5 Å². The number of hydrogen-bond donors (Lipinski definition) is 2. The van der Waals surface area contributed by atoms with Crippen LogP contribution in [-0.2, 0) is 15.0 Å². The lowest BCUT2D eigenvalue weighted by atomic mass is 9.96. The maximum absolute atomic E-state index is 12.0. The number of nitrogens with one attached hydrogen (secondary N) is 1. The van der Waals surface area contributed by atoms with Gasteiger partial charge in [0.2, 0.25) is 5.91 Å². The molecular formula is C16H19NO3. The summed E-state index contributed by atoms with van der Waals surface area (Å²) in [7, 11) is 0. The zero-order valence-corrected chi connectivity index (χ0v) is 11.8. The van der Waals surface area contributed by atoms with Crippen molar-refractivity contribution in [3.63, 3.8) is 0 Å². The average Bonchev–Trinajstić information content (AvgIpc) is 3.26. The minimum absolute atomic E-state index is 0.0575. The molecule has 1 aromatic rings. The van der Waals surface area contributed by atoms with Crippen LogP contribution in [0, 0.1) is 11.3 Å². The van der Waals surface area contributed by atoms with Crippen LogP contribution in [0.5, 0.6) is 0 Å². The van der Waals surface area contributed by atoms with E-state index in [2.05, 4.69) is 19.2 Å². The molecule has 0 aliphatic heterocycles. The highest BCUT2D eigenvalue weighted by Gasteiger charge is 2.52. The van der Waals surface area contributed by atoms with Gasteiger partial charge in [0.25, 0.3) is 0 Å².